The van der Waals surface area contributed by atoms with Gasteiger partial charge in [0, 0.05) is 0 Å². The lowest BCUT2D eigenvalue weighted by molar-refractivity contribution is -0.409. The summed E-state index contributed by atoms with van der Waals surface area (Å²) in [6.45, 7) is 0. The van der Waals surface area contributed by atoms with Crippen LogP contribution >= 0.6 is 0 Å². The minimum absolute atomic E-state index is 0.306. The molecule has 0 radical (unpaired) electrons. The standard InChI is InChI=1S/C7H2F2N4O7/c8-2-5(11(15)16)3(9)7(13(19)20)4(10-1-14)6(2)12(17)18/h1H,(H,10,14). The minimum atomic E-state index is -2.24. The second-order valence-electron chi connectivity index (χ2n) is 3.08. The molecule has 1 aromatic carbocycles. The maximum absolute atomic E-state index is 13.6. The molecular formula is C7H2F2N4O7. The Morgan fingerprint density at radius 3 is 1.45 bits per heavy atom. The molecule has 0 atom stereocenters. The van der Waals surface area contributed by atoms with Crippen LogP contribution in [0.15, 0.2) is 0 Å². The van der Waals surface area contributed by atoms with E-state index in [0.717, 1.165) is 0 Å². The van der Waals surface area contributed by atoms with Gasteiger partial charge in [0.25, 0.3) is 11.6 Å². The summed E-state index contributed by atoms with van der Waals surface area (Å²) in [5.41, 5.74) is -7.04. The van der Waals surface area contributed by atoms with Crippen LogP contribution in [0.2, 0.25) is 0 Å². The van der Waals surface area contributed by atoms with Crippen LogP contribution in [-0.2, 0) is 4.79 Å². The largest absolute Gasteiger partial charge is 0.354 e. The van der Waals surface area contributed by atoms with Crippen LogP contribution < -0.4 is 5.32 Å². The van der Waals surface area contributed by atoms with E-state index in [1.165, 1.54) is 5.32 Å². The van der Waals surface area contributed by atoms with E-state index < -0.39 is 49.2 Å². The molecule has 0 saturated heterocycles. The maximum atomic E-state index is 13.6. The maximum Gasteiger partial charge on any atom is 0.354 e. The fourth-order valence-electron chi connectivity index (χ4n) is 1.35. The molecule has 13 heteroatoms. The number of carbonyl (C=O) groups excluding carboxylic acids is 1. The Labute approximate surface area is 106 Å². The minimum Gasteiger partial charge on any atom is -0.317 e. The van der Waals surface area contributed by atoms with Crippen LogP contribution in [0.1, 0.15) is 0 Å². The lowest BCUT2D eigenvalue weighted by Crippen LogP contribution is -2.10. The lowest BCUT2D eigenvalue weighted by Gasteiger charge is -2.05. The number of benzene rings is 1. The molecule has 0 spiro atoms. The average molecular weight is 292 g/mol. The molecule has 0 fully saturated rings. The number of hydrogen-bond acceptors (Lipinski definition) is 7. The van der Waals surface area contributed by atoms with Crippen LogP contribution in [-0.4, -0.2) is 21.2 Å². The van der Waals surface area contributed by atoms with Crippen molar-refractivity contribution < 1.29 is 28.3 Å². The van der Waals surface area contributed by atoms with E-state index >= 15 is 0 Å². The molecular weight excluding hydrogens is 290 g/mol. The van der Waals surface area contributed by atoms with Crippen LogP contribution in [0, 0.1) is 42.0 Å². The van der Waals surface area contributed by atoms with Gasteiger partial charge >= 0.3 is 17.1 Å². The summed E-state index contributed by atoms with van der Waals surface area (Å²) in [6.07, 6.45) is -0.306. The Kier molecular flexibility index (Phi) is 3.83. The topological polar surface area (TPSA) is 159 Å². The van der Waals surface area contributed by atoms with E-state index in [2.05, 4.69) is 0 Å². The first-order valence-corrected chi connectivity index (χ1v) is 4.42. The summed E-state index contributed by atoms with van der Waals surface area (Å²) >= 11 is 0. The number of nitrogens with one attached hydrogen (secondary N) is 1. The SMILES string of the molecule is O=CNc1c([N+](=O)[O-])c(F)c([N+](=O)[O-])c(F)c1[N+](=O)[O-]. The molecule has 1 N–H and O–H groups in total. The van der Waals surface area contributed by atoms with E-state index in [4.69, 9.17) is 0 Å². The first-order valence-electron chi connectivity index (χ1n) is 4.42. The highest BCUT2D eigenvalue weighted by atomic mass is 19.1. The number of amides is 1. The third-order valence-electron chi connectivity index (χ3n) is 2.06. The predicted octanol–water partition coefficient (Wildman–Crippen LogP) is 1.26. The number of nitrogens with zero attached hydrogens (tertiary/aromatic N) is 3. The van der Waals surface area contributed by atoms with Gasteiger partial charge in [0.2, 0.25) is 12.1 Å². The van der Waals surface area contributed by atoms with Crippen molar-refractivity contribution in [2.75, 3.05) is 5.32 Å². The number of halogens is 2. The summed E-state index contributed by atoms with van der Waals surface area (Å²) in [7, 11) is 0. The van der Waals surface area contributed by atoms with Gasteiger partial charge in [-0.05, 0) is 0 Å². The number of nitro benzene ring substituents is 3. The Balaban J connectivity index is 4.00. The number of hydrogen-bond donors (Lipinski definition) is 1. The molecule has 11 nitrogen and oxygen atoms in total. The molecule has 0 aliphatic rings. The zero-order chi connectivity index (χ0) is 15.6. The second kappa shape index (κ2) is 5.17. The summed E-state index contributed by atoms with van der Waals surface area (Å²) in [5.74, 6) is -4.49. The highest BCUT2D eigenvalue weighted by Crippen LogP contribution is 2.43. The van der Waals surface area contributed by atoms with Gasteiger partial charge in [-0.25, -0.2) is 0 Å². The third-order valence-corrected chi connectivity index (χ3v) is 2.06. The van der Waals surface area contributed by atoms with Gasteiger partial charge in [-0.1, -0.05) is 0 Å². The van der Waals surface area contributed by atoms with E-state index in [0.29, 0.717) is 0 Å². The van der Waals surface area contributed by atoms with Crippen molar-refractivity contribution >= 4 is 29.2 Å². The van der Waals surface area contributed by atoms with Crippen molar-refractivity contribution in [3.05, 3.63) is 42.0 Å². The molecule has 1 amide bonds. The van der Waals surface area contributed by atoms with Gasteiger partial charge in [0.05, 0.1) is 14.8 Å². The molecule has 0 aromatic heterocycles. The molecule has 1 aromatic rings. The lowest BCUT2D eigenvalue weighted by atomic mass is 10.1. The van der Waals surface area contributed by atoms with Crippen molar-refractivity contribution in [3.8, 4) is 0 Å². The summed E-state index contributed by atoms with van der Waals surface area (Å²) in [5, 5.41) is 33.1. The number of rotatable bonds is 5. The van der Waals surface area contributed by atoms with Crippen molar-refractivity contribution in [1.29, 1.82) is 0 Å². The van der Waals surface area contributed by atoms with Crippen molar-refractivity contribution in [1.82, 2.24) is 0 Å². The van der Waals surface area contributed by atoms with Crippen LogP contribution in [0.4, 0.5) is 31.5 Å². The van der Waals surface area contributed by atoms with E-state index in [1.54, 1.807) is 0 Å². The Morgan fingerprint density at radius 1 is 0.850 bits per heavy atom. The van der Waals surface area contributed by atoms with Crippen molar-refractivity contribution in [2.24, 2.45) is 0 Å². The Morgan fingerprint density at radius 2 is 1.20 bits per heavy atom. The highest BCUT2D eigenvalue weighted by molar-refractivity contribution is 5.86. The van der Waals surface area contributed by atoms with Crippen LogP contribution in [0.5, 0.6) is 0 Å². The highest BCUT2D eigenvalue weighted by Gasteiger charge is 2.43. The first-order chi connectivity index (χ1) is 9.23. The molecule has 106 valence electrons. The van der Waals surface area contributed by atoms with Gasteiger partial charge in [-0.2, -0.15) is 8.78 Å². The fraction of sp³-hybridized carbons (Fsp3) is 0. The second-order valence-corrected chi connectivity index (χ2v) is 3.08. The smallest absolute Gasteiger partial charge is 0.317 e. The quantitative estimate of drug-likeness (QED) is 0.485. The normalized spacial score (nSPS) is 9.90. The van der Waals surface area contributed by atoms with E-state index in [1.807, 2.05) is 0 Å². The molecule has 0 bridgehead atoms. The molecule has 0 unspecified atom stereocenters. The molecule has 20 heavy (non-hydrogen) atoms. The molecule has 1 rings (SSSR count). The summed E-state index contributed by atoms with van der Waals surface area (Å²) in [4.78, 5) is 37.1. The van der Waals surface area contributed by atoms with E-state index in [-0.39, 0.29) is 6.41 Å². The summed E-state index contributed by atoms with van der Waals surface area (Å²) < 4.78 is 27.1. The fourth-order valence-corrected chi connectivity index (χ4v) is 1.35. The van der Waals surface area contributed by atoms with Gasteiger partial charge in [-0.15, -0.1) is 0 Å². The zero-order valence-electron chi connectivity index (χ0n) is 9.03. The first kappa shape index (κ1) is 14.8. The number of anilines is 1. The Bertz CT molecular complexity index is 606. The number of nitro groups is 3. The monoisotopic (exact) mass is 292 g/mol. The van der Waals surface area contributed by atoms with Gasteiger partial charge < -0.3 is 5.32 Å². The van der Waals surface area contributed by atoms with Crippen LogP contribution in [0.25, 0.3) is 0 Å². The molecule has 0 heterocycles. The van der Waals surface area contributed by atoms with Gasteiger partial charge in [0.15, 0.2) is 0 Å². The van der Waals surface area contributed by atoms with Gasteiger partial charge in [0.1, 0.15) is 0 Å². The predicted molar refractivity (Wildman–Crippen MR) is 56.0 cm³/mol. The zero-order valence-corrected chi connectivity index (χ0v) is 9.03. The van der Waals surface area contributed by atoms with Crippen molar-refractivity contribution in [3.63, 3.8) is 0 Å². The third kappa shape index (κ3) is 2.18. The molecule has 0 saturated carbocycles. The van der Waals surface area contributed by atoms with Crippen LogP contribution in [0.3, 0.4) is 0 Å². The van der Waals surface area contributed by atoms with Crippen molar-refractivity contribution in [2.45, 2.75) is 0 Å². The molecule has 0 aliphatic heterocycles. The molecule has 0 aliphatic carbocycles. The summed E-state index contributed by atoms with van der Waals surface area (Å²) in [6, 6.07) is 0. The average Bonchev–Trinajstić information content (AvgIpc) is 2.26. The van der Waals surface area contributed by atoms with Gasteiger partial charge in [-0.3, -0.25) is 35.1 Å². The number of carbonyl (C=O) groups is 1. The Hall–Kier alpha value is -3.25. The van der Waals surface area contributed by atoms with E-state index in [9.17, 15) is 43.9 Å².